The molecule has 2 rings (SSSR count). The zero-order valence-corrected chi connectivity index (χ0v) is 12.5. The highest BCUT2D eigenvalue weighted by atomic mass is 16.4. The van der Waals surface area contributed by atoms with Gasteiger partial charge >= 0.3 is 5.97 Å². The summed E-state index contributed by atoms with van der Waals surface area (Å²) in [6.45, 7) is 9.93. The first-order valence-electron chi connectivity index (χ1n) is 7.73. The topological polar surface area (TPSA) is 43.8 Å². The van der Waals surface area contributed by atoms with Gasteiger partial charge in [-0.3, -0.25) is 9.69 Å². The van der Waals surface area contributed by atoms with Gasteiger partial charge in [0.05, 0.1) is 5.92 Å². The van der Waals surface area contributed by atoms with E-state index in [1.54, 1.807) is 0 Å². The Labute approximate surface area is 116 Å². The van der Waals surface area contributed by atoms with Crippen LogP contribution in [0.5, 0.6) is 0 Å². The van der Waals surface area contributed by atoms with Crippen LogP contribution in [0, 0.1) is 5.92 Å². The average Bonchev–Trinajstić information content (AvgIpc) is 2.60. The molecule has 4 heteroatoms. The van der Waals surface area contributed by atoms with Crippen LogP contribution in [-0.4, -0.2) is 58.6 Å². The van der Waals surface area contributed by atoms with Gasteiger partial charge in [0.1, 0.15) is 0 Å². The molecule has 3 unspecified atom stereocenters. The molecule has 2 aliphatic heterocycles. The summed E-state index contributed by atoms with van der Waals surface area (Å²) in [5, 5.41) is 9.24. The van der Waals surface area contributed by atoms with Crippen LogP contribution in [0.3, 0.4) is 0 Å². The largest absolute Gasteiger partial charge is 0.481 e. The van der Waals surface area contributed by atoms with E-state index in [0.29, 0.717) is 12.1 Å². The summed E-state index contributed by atoms with van der Waals surface area (Å²) in [4.78, 5) is 16.2. The van der Waals surface area contributed by atoms with E-state index in [9.17, 15) is 9.90 Å². The Bertz CT molecular complexity index is 319. The predicted octanol–water partition coefficient (Wildman–Crippen LogP) is 2.04. The van der Waals surface area contributed by atoms with Crippen LogP contribution in [0.4, 0.5) is 0 Å². The normalized spacial score (nSPS) is 34.6. The molecule has 0 radical (unpaired) electrons. The summed E-state index contributed by atoms with van der Waals surface area (Å²) >= 11 is 0. The molecule has 2 aliphatic rings. The minimum atomic E-state index is -0.618. The van der Waals surface area contributed by atoms with Gasteiger partial charge in [-0.05, 0) is 66.1 Å². The monoisotopic (exact) mass is 268 g/mol. The molecule has 0 spiro atoms. The summed E-state index contributed by atoms with van der Waals surface area (Å²) in [6, 6.07) is 1.41. The van der Waals surface area contributed by atoms with Gasteiger partial charge < -0.3 is 10.0 Å². The second kappa shape index (κ2) is 6.23. The molecule has 3 atom stereocenters. The van der Waals surface area contributed by atoms with E-state index in [0.717, 1.165) is 19.5 Å². The molecule has 0 aromatic carbocycles. The fraction of sp³-hybridized carbons (Fsp3) is 0.933. The van der Waals surface area contributed by atoms with Gasteiger partial charge in [-0.1, -0.05) is 0 Å². The van der Waals surface area contributed by atoms with Gasteiger partial charge in [-0.25, -0.2) is 0 Å². The fourth-order valence-corrected chi connectivity index (χ4v) is 3.76. The van der Waals surface area contributed by atoms with Crippen LogP contribution in [0.25, 0.3) is 0 Å². The van der Waals surface area contributed by atoms with Crippen molar-refractivity contribution < 1.29 is 9.90 Å². The summed E-state index contributed by atoms with van der Waals surface area (Å²) < 4.78 is 0. The van der Waals surface area contributed by atoms with Crippen LogP contribution in [0.2, 0.25) is 0 Å². The number of likely N-dealkylation sites (tertiary alicyclic amines) is 2. The van der Waals surface area contributed by atoms with Gasteiger partial charge in [-0.15, -0.1) is 0 Å². The van der Waals surface area contributed by atoms with E-state index in [-0.39, 0.29) is 12.0 Å². The molecule has 2 heterocycles. The third kappa shape index (κ3) is 3.29. The van der Waals surface area contributed by atoms with Crippen LogP contribution >= 0.6 is 0 Å². The number of hydrogen-bond acceptors (Lipinski definition) is 3. The summed E-state index contributed by atoms with van der Waals surface area (Å²) in [5.41, 5.74) is 0. The number of carboxylic acid groups (broad SMARTS) is 1. The fourth-order valence-electron chi connectivity index (χ4n) is 3.76. The Morgan fingerprint density at radius 2 is 1.89 bits per heavy atom. The summed E-state index contributed by atoms with van der Waals surface area (Å²) in [7, 11) is 0. The Morgan fingerprint density at radius 3 is 2.47 bits per heavy atom. The van der Waals surface area contributed by atoms with E-state index in [1.165, 1.54) is 25.8 Å². The first kappa shape index (κ1) is 14.8. The van der Waals surface area contributed by atoms with Gasteiger partial charge in [0, 0.05) is 18.1 Å². The lowest BCUT2D eigenvalue weighted by molar-refractivity contribution is -0.142. The molecule has 110 valence electrons. The van der Waals surface area contributed by atoms with E-state index < -0.39 is 5.97 Å². The Balaban J connectivity index is 1.94. The SMILES string of the molecule is CC(C)N1CCCC(N2CCC(C(=O)O)C2C)CC1. The first-order valence-corrected chi connectivity index (χ1v) is 7.73. The van der Waals surface area contributed by atoms with Gasteiger partial charge in [0.2, 0.25) is 0 Å². The van der Waals surface area contributed by atoms with E-state index in [1.807, 2.05) is 0 Å². The Hall–Kier alpha value is -0.610. The third-order valence-corrected chi connectivity index (χ3v) is 5.05. The first-order chi connectivity index (χ1) is 9.00. The van der Waals surface area contributed by atoms with Crippen molar-refractivity contribution in [3.63, 3.8) is 0 Å². The van der Waals surface area contributed by atoms with Crippen molar-refractivity contribution in [2.24, 2.45) is 5.92 Å². The van der Waals surface area contributed by atoms with Gasteiger partial charge in [0.25, 0.3) is 0 Å². The maximum absolute atomic E-state index is 11.2. The van der Waals surface area contributed by atoms with Crippen LogP contribution < -0.4 is 0 Å². The molecule has 4 nitrogen and oxygen atoms in total. The average molecular weight is 268 g/mol. The zero-order valence-electron chi connectivity index (χ0n) is 12.5. The van der Waals surface area contributed by atoms with Crippen LogP contribution in [-0.2, 0) is 4.79 Å². The van der Waals surface area contributed by atoms with Crippen molar-refractivity contribution in [2.45, 2.75) is 64.6 Å². The number of aliphatic carboxylic acids is 1. The maximum Gasteiger partial charge on any atom is 0.308 e. The van der Waals surface area contributed by atoms with E-state index in [2.05, 4.69) is 30.6 Å². The molecule has 0 aliphatic carbocycles. The molecule has 0 amide bonds. The Morgan fingerprint density at radius 1 is 1.16 bits per heavy atom. The van der Waals surface area contributed by atoms with Crippen LogP contribution in [0.1, 0.15) is 46.5 Å². The van der Waals surface area contributed by atoms with Crippen molar-refractivity contribution in [1.29, 1.82) is 0 Å². The lowest BCUT2D eigenvalue weighted by atomic mass is 10.0. The maximum atomic E-state index is 11.2. The predicted molar refractivity (Wildman–Crippen MR) is 76.3 cm³/mol. The number of rotatable bonds is 3. The van der Waals surface area contributed by atoms with E-state index >= 15 is 0 Å². The van der Waals surface area contributed by atoms with Crippen molar-refractivity contribution in [3.05, 3.63) is 0 Å². The number of carboxylic acids is 1. The molecule has 2 fully saturated rings. The molecule has 1 N–H and O–H groups in total. The van der Waals surface area contributed by atoms with Crippen molar-refractivity contribution in [3.8, 4) is 0 Å². The second-order valence-corrected chi connectivity index (χ2v) is 6.43. The molecular weight excluding hydrogens is 240 g/mol. The molecular formula is C15H28N2O2. The smallest absolute Gasteiger partial charge is 0.308 e. The number of nitrogens with zero attached hydrogens (tertiary/aromatic N) is 2. The molecule has 2 saturated heterocycles. The quantitative estimate of drug-likeness (QED) is 0.851. The second-order valence-electron chi connectivity index (χ2n) is 6.43. The molecule has 19 heavy (non-hydrogen) atoms. The zero-order chi connectivity index (χ0) is 14.0. The van der Waals surface area contributed by atoms with Gasteiger partial charge in [0.15, 0.2) is 0 Å². The number of carbonyl (C=O) groups is 1. The highest BCUT2D eigenvalue weighted by Crippen LogP contribution is 2.30. The molecule has 0 bridgehead atoms. The Kier molecular flexibility index (Phi) is 4.85. The molecule has 0 aromatic rings. The van der Waals surface area contributed by atoms with Crippen molar-refractivity contribution in [1.82, 2.24) is 9.80 Å². The summed E-state index contributed by atoms with van der Waals surface area (Å²) in [6.07, 6.45) is 4.47. The highest BCUT2D eigenvalue weighted by molar-refractivity contribution is 5.71. The standard InChI is InChI=1S/C15H28N2O2/c1-11(2)16-8-4-5-13(6-9-16)17-10-7-14(12(17)3)15(18)19/h11-14H,4-10H2,1-3H3,(H,18,19). The van der Waals surface area contributed by atoms with Crippen LogP contribution in [0.15, 0.2) is 0 Å². The molecule has 0 saturated carbocycles. The van der Waals surface area contributed by atoms with Crippen molar-refractivity contribution in [2.75, 3.05) is 19.6 Å². The minimum absolute atomic E-state index is 0.163. The molecule has 0 aromatic heterocycles. The number of hydrogen-bond donors (Lipinski definition) is 1. The van der Waals surface area contributed by atoms with Crippen molar-refractivity contribution >= 4 is 5.97 Å². The highest BCUT2D eigenvalue weighted by Gasteiger charge is 2.39. The lowest BCUT2D eigenvalue weighted by Crippen LogP contribution is -2.41. The summed E-state index contributed by atoms with van der Waals surface area (Å²) in [5.74, 6) is -0.781. The minimum Gasteiger partial charge on any atom is -0.481 e. The third-order valence-electron chi connectivity index (χ3n) is 5.05. The van der Waals surface area contributed by atoms with E-state index in [4.69, 9.17) is 0 Å². The lowest BCUT2D eigenvalue weighted by Gasteiger charge is -2.32. The van der Waals surface area contributed by atoms with Gasteiger partial charge in [-0.2, -0.15) is 0 Å².